The minimum Gasteiger partial charge on any atom is -0.481 e. The first-order chi connectivity index (χ1) is 23.1. The number of halogens is 2. The molecule has 0 heterocycles. The molecule has 0 fully saturated rings. The van der Waals surface area contributed by atoms with Crippen LogP contribution >= 0.6 is 23.2 Å². The molecule has 0 spiro atoms. The van der Waals surface area contributed by atoms with Crippen molar-refractivity contribution >= 4 is 29.2 Å². The largest absolute Gasteiger partial charge is 0.481 e. The van der Waals surface area contributed by atoms with E-state index >= 15 is 0 Å². The lowest BCUT2D eigenvalue weighted by Crippen LogP contribution is -2.14. The number of rotatable bonds is 27. The number of carboxylic acid groups (broad SMARTS) is 1. The first-order valence-electron chi connectivity index (χ1n) is 17.9. The smallest absolute Gasteiger partial charge is 0.305 e. The van der Waals surface area contributed by atoms with E-state index in [0.717, 1.165) is 71.2 Å². The molecule has 0 aliphatic heterocycles. The van der Waals surface area contributed by atoms with E-state index in [1.54, 1.807) is 6.92 Å². The normalized spacial score (nSPS) is 10.5. The van der Waals surface area contributed by atoms with E-state index in [4.69, 9.17) is 72.0 Å². The summed E-state index contributed by atoms with van der Waals surface area (Å²) in [5.41, 5.74) is 0. The molecule has 48 heavy (non-hydrogen) atoms. The minimum atomic E-state index is -0.797. The van der Waals surface area contributed by atoms with Crippen molar-refractivity contribution in [1.29, 1.82) is 0 Å². The van der Waals surface area contributed by atoms with Crippen molar-refractivity contribution in [3.63, 3.8) is 0 Å². The summed E-state index contributed by atoms with van der Waals surface area (Å²) in [4.78, 5) is 10.2. The first-order valence-corrected chi connectivity index (χ1v) is 18.9. The van der Waals surface area contributed by atoms with E-state index in [1.165, 1.54) is 6.42 Å². The highest BCUT2D eigenvalue weighted by Crippen LogP contribution is 1.99. The fraction of sp³-hybridized carbons (Fsp3) is 0.971. The molecular formula is C35H78Cl2O11. The number of unbranched alkanes of at least 4 members (excludes halogenated alkanes) is 4. The second kappa shape index (κ2) is 65.1. The molecule has 0 rings (SSSR count). The quantitative estimate of drug-likeness (QED) is 0.0495. The third kappa shape index (κ3) is 90.9. The third-order valence-corrected chi connectivity index (χ3v) is 5.47. The van der Waals surface area contributed by atoms with Crippen molar-refractivity contribution in [1.82, 2.24) is 0 Å². The predicted octanol–water partition coefficient (Wildman–Crippen LogP) is 7.31. The van der Waals surface area contributed by atoms with Crippen LogP contribution in [0, 0.1) is 0 Å². The van der Waals surface area contributed by atoms with Crippen LogP contribution < -0.4 is 0 Å². The van der Waals surface area contributed by atoms with Crippen LogP contribution in [0.4, 0.5) is 0 Å². The van der Waals surface area contributed by atoms with E-state index in [9.17, 15) is 4.79 Å². The van der Waals surface area contributed by atoms with E-state index in [2.05, 4.69) is 20.8 Å². The number of aliphatic hydroxyl groups excluding tert-OH is 3. The monoisotopic (exact) mass is 744 g/mol. The predicted molar refractivity (Wildman–Crippen MR) is 200 cm³/mol. The van der Waals surface area contributed by atoms with E-state index < -0.39 is 5.97 Å². The number of aliphatic hydroxyl groups is 3. The fourth-order valence-electron chi connectivity index (χ4n) is 2.64. The zero-order valence-electron chi connectivity index (χ0n) is 32.0. The molecular weight excluding hydrogens is 667 g/mol. The van der Waals surface area contributed by atoms with Crippen LogP contribution in [0.25, 0.3) is 0 Å². The molecule has 0 aromatic carbocycles. The number of carboxylic acids is 1. The topological polar surface area (TPSA) is 153 Å². The molecule has 4 N–H and O–H groups in total. The summed E-state index contributed by atoms with van der Waals surface area (Å²) in [5, 5.41) is 33.8. The number of ether oxygens (including phenoxy) is 6. The van der Waals surface area contributed by atoms with Gasteiger partial charge in [0.15, 0.2) is 0 Å². The zero-order valence-corrected chi connectivity index (χ0v) is 33.5. The summed E-state index contributed by atoms with van der Waals surface area (Å²) in [6.07, 6.45) is 9.34. The Morgan fingerprint density at radius 2 is 0.979 bits per heavy atom. The van der Waals surface area contributed by atoms with Gasteiger partial charge in [-0.25, -0.2) is 0 Å². The van der Waals surface area contributed by atoms with Crippen molar-refractivity contribution < 1.29 is 53.6 Å². The maximum atomic E-state index is 10.2. The Morgan fingerprint density at radius 1 is 0.583 bits per heavy atom. The zero-order chi connectivity index (χ0) is 37.9. The summed E-state index contributed by atoms with van der Waals surface area (Å²) in [5.74, 6) is -0.797. The van der Waals surface area contributed by atoms with Gasteiger partial charge < -0.3 is 48.8 Å². The Morgan fingerprint density at radius 3 is 1.29 bits per heavy atom. The Labute approximate surface area is 305 Å². The van der Waals surface area contributed by atoms with Crippen molar-refractivity contribution in [2.45, 2.75) is 132 Å². The number of hydrogen-bond donors (Lipinski definition) is 4. The Balaban J connectivity index is -0.000000115. The number of carbonyl (C=O) groups is 1. The summed E-state index contributed by atoms with van der Waals surface area (Å²) >= 11 is 9.53. The molecule has 13 heteroatoms. The van der Waals surface area contributed by atoms with Crippen molar-refractivity contribution in [3.8, 4) is 0 Å². The van der Waals surface area contributed by atoms with Gasteiger partial charge in [-0.1, -0.05) is 60.3 Å². The van der Waals surface area contributed by atoms with E-state index in [1.807, 2.05) is 27.7 Å². The molecule has 0 aliphatic carbocycles. The van der Waals surface area contributed by atoms with E-state index in [0.29, 0.717) is 59.5 Å². The third-order valence-electron chi connectivity index (χ3n) is 5.47. The average Bonchev–Trinajstić information content (AvgIpc) is 3.07. The van der Waals surface area contributed by atoms with Crippen molar-refractivity contribution in [2.75, 3.05) is 91.2 Å². The van der Waals surface area contributed by atoms with Gasteiger partial charge in [0.05, 0.1) is 76.8 Å². The summed E-state index contributed by atoms with van der Waals surface area (Å²) in [7, 11) is 0. The summed E-state index contributed by atoms with van der Waals surface area (Å²) < 4.78 is 30.8. The standard InChI is InChI=1S/C8H16O3.2C8H18O3.2C5H12O.CH2Cl2/c1-3-4-5-11-7(2)6-8(9)10;1-3-9-5-7-11-8-6-10-4-2;1-2-3-5-10-7-8-11-6-4-9;1-3-5(6)4-2;1-2-3-4-5-6;2-1-3/h7H,3-6H2,1-2H3,(H,9,10);3-8H2,1-2H3;9H,2-8H2,1H3;5-6H,3-4H2,1-2H3;6H,2-5H2,1H3;1H2. The van der Waals surface area contributed by atoms with Crippen LogP contribution in [0.15, 0.2) is 0 Å². The van der Waals surface area contributed by atoms with Gasteiger partial charge in [-0.15, -0.1) is 23.2 Å². The van der Waals surface area contributed by atoms with Gasteiger partial charge in [0.1, 0.15) is 0 Å². The van der Waals surface area contributed by atoms with Gasteiger partial charge >= 0.3 is 5.97 Å². The number of aliphatic carboxylic acids is 1. The molecule has 11 nitrogen and oxygen atoms in total. The summed E-state index contributed by atoms with van der Waals surface area (Å²) in [6.45, 7) is 23.8. The highest BCUT2D eigenvalue weighted by Gasteiger charge is 2.06. The minimum absolute atomic E-state index is 0.0648. The number of hydrogen-bond acceptors (Lipinski definition) is 10. The van der Waals surface area contributed by atoms with Gasteiger partial charge in [-0.05, 0) is 52.9 Å². The average molecular weight is 746 g/mol. The maximum Gasteiger partial charge on any atom is 0.305 e. The lowest BCUT2D eigenvalue weighted by molar-refractivity contribution is -0.139. The molecule has 0 bridgehead atoms. The second-order valence-corrected chi connectivity index (χ2v) is 10.8. The molecule has 0 saturated carbocycles. The second-order valence-electron chi connectivity index (χ2n) is 9.94. The molecule has 0 radical (unpaired) electrons. The van der Waals surface area contributed by atoms with Gasteiger partial charge in [-0.2, -0.15) is 0 Å². The lowest BCUT2D eigenvalue weighted by Gasteiger charge is -2.09. The number of alkyl halides is 2. The fourth-order valence-corrected chi connectivity index (χ4v) is 2.64. The molecule has 1 atom stereocenters. The highest BCUT2D eigenvalue weighted by atomic mass is 35.5. The van der Waals surface area contributed by atoms with Gasteiger partial charge in [0.25, 0.3) is 0 Å². The Hall–Kier alpha value is -0.310. The molecule has 1 unspecified atom stereocenters. The molecule has 0 saturated heterocycles. The molecule has 0 aliphatic rings. The highest BCUT2D eigenvalue weighted by molar-refractivity contribution is 6.40. The molecule has 0 aromatic rings. The molecule has 0 aromatic heterocycles. The van der Waals surface area contributed by atoms with Crippen LogP contribution in [0.1, 0.15) is 120 Å². The van der Waals surface area contributed by atoms with Crippen LogP contribution in [-0.4, -0.2) is 130 Å². The maximum absolute atomic E-state index is 10.2. The first kappa shape index (κ1) is 59.8. The Kier molecular flexibility index (Phi) is 81.1. The van der Waals surface area contributed by atoms with Crippen LogP contribution in [0.5, 0.6) is 0 Å². The lowest BCUT2D eigenvalue weighted by atomic mass is 10.2. The van der Waals surface area contributed by atoms with Crippen molar-refractivity contribution in [3.05, 3.63) is 0 Å². The molecule has 0 amide bonds. The van der Waals surface area contributed by atoms with Crippen molar-refractivity contribution in [2.24, 2.45) is 0 Å². The van der Waals surface area contributed by atoms with Gasteiger partial charge in [0.2, 0.25) is 0 Å². The Bertz CT molecular complexity index is 455. The van der Waals surface area contributed by atoms with E-state index in [-0.39, 0.29) is 30.6 Å². The van der Waals surface area contributed by atoms with Crippen LogP contribution in [-0.2, 0) is 33.2 Å². The van der Waals surface area contributed by atoms with Gasteiger partial charge in [0, 0.05) is 33.0 Å². The molecule has 298 valence electrons. The summed E-state index contributed by atoms with van der Waals surface area (Å²) in [6, 6.07) is 0. The van der Waals surface area contributed by atoms with Crippen LogP contribution in [0.2, 0.25) is 0 Å². The van der Waals surface area contributed by atoms with Gasteiger partial charge in [-0.3, -0.25) is 4.79 Å². The van der Waals surface area contributed by atoms with Crippen LogP contribution in [0.3, 0.4) is 0 Å². The SMILES string of the molecule is CCC(O)CC.CCCCCO.CCCCOC(C)CC(=O)O.CCCCOCCOCCO.CCOCCOCCOCC.ClCCl.